The number of hydrogen-bond donors (Lipinski definition) is 1. The summed E-state index contributed by atoms with van der Waals surface area (Å²) in [5.41, 5.74) is 5.90. The molecule has 2 N–H and O–H groups in total. The van der Waals surface area contributed by atoms with Crippen LogP contribution in [-0.2, 0) is 5.92 Å². The summed E-state index contributed by atoms with van der Waals surface area (Å²) in [5.74, 6) is -2.86. The van der Waals surface area contributed by atoms with Crippen LogP contribution in [0.1, 0.15) is 12.0 Å². The Labute approximate surface area is 97.9 Å². The molecule has 2 rings (SSSR count). The van der Waals surface area contributed by atoms with E-state index >= 15 is 0 Å². The molecule has 2 aromatic rings. The largest absolute Gasteiger partial charge is 0.330 e. The molecule has 0 saturated heterocycles. The molecule has 0 aliphatic heterocycles. The molecule has 0 fully saturated rings. The van der Waals surface area contributed by atoms with Gasteiger partial charge in [-0.25, -0.2) is 13.5 Å². The van der Waals surface area contributed by atoms with Gasteiger partial charge in [0.2, 0.25) is 0 Å². The molecule has 1 aromatic carbocycles. The van der Waals surface area contributed by atoms with E-state index < -0.39 is 5.92 Å². The second-order valence-electron chi connectivity index (χ2n) is 3.74. The van der Waals surface area contributed by atoms with Crippen molar-refractivity contribution in [3.05, 3.63) is 48.3 Å². The monoisotopic (exact) mass is 237 g/mol. The Balaban J connectivity index is 2.24. The molecule has 0 atom stereocenters. The number of alkyl halides is 2. The van der Waals surface area contributed by atoms with Gasteiger partial charge in [-0.15, -0.1) is 0 Å². The topological polar surface area (TPSA) is 43.8 Å². The predicted octanol–water partition coefficient (Wildman–Crippen LogP) is 2.31. The van der Waals surface area contributed by atoms with Crippen molar-refractivity contribution in [1.82, 2.24) is 9.78 Å². The zero-order chi connectivity index (χ0) is 12.3. The maximum absolute atomic E-state index is 13.5. The summed E-state index contributed by atoms with van der Waals surface area (Å²) in [6, 6.07) is 7.83. The van der Waals surface area contributed by atoms with Crippen LogP contribution in [0, 0.1) is 0 Å². The van der Waals surface area contributed by atoms with Gasteiger partial charge < -0.3 is 5.73 Å². The highest BCUT2D eigenvalue weighted by atomic mass is 19.3. The normalized spacial score (nSPS) is 11.7. The molecule has 90 valence electrons. The number of nitrogens with two attached hydrogens (primary N) is 1. The van der Waals surface area contributed by atoms with Gasteiger partial charge in [-0.3, -0.25) is 0 Å². The minimum absolute atomic E-state index is 0.0149. The third kappa shape index (κ3) is 2.50. The van der Waals surface area contributed by atoms with Crippen LogP contribution in [0.25, 0.3) is 5.69 Å². The minimum atomic E-state index is -2.86. The van der Waals surface area contributed by atoms with E-state index in [1.54, 1.807) is 35.3 Å². The van der Waals surface area contributed by atoms with Gasteiger partial charge in [0.05, 0.1) is 5.69 Å². The molecular formula is C12H13F2N3. The Morgan fingerprint density at radius 1 is 1.24 bits per heavy atom. The predicted molar refractivity (Wildman–Crippen MR) is 61.1 cm³/mol. The standard InChI is InChI=1S/C12H13F2N3/c13-12(14,6-7-15)10-2-4-11(5-3-10)17-9-1-8-16-17/h1-5,8-9H,6-7,15H2. The van der Waals surface area contributed by atoms with Crippen LogP contribution in [0.2, 0.25) is 0 Å². The summed E-state index contributed by atoms with van der Waals surface area (Å²) in [4.78, 5) is 0. The summed E-state index contributed by atoms with van der Waals surface area (Å²) < 4.78 is 28.7. The number of halogens is 2. The fourth-order valence-corrected chi connectivity index (χ4v) is 1.61. The fraction of sp³-hybridized carbons (Fsp3) is 0.250. The molecule has 0 saturated carbocycles. The van der Waals surface area contributed by atoms with Crippen molar-refractivity contribution in [2.24, 2.45) is 5.73 Å². The Kier molecular flexibility index (Phi) is 3.19. The average Bonchev–Trinajstić information content (AvgIpc) is 2.82. The Morgan fingerprint density at radius 2 is 1.94 bits per heavy atom. The van der Waals surface area contributed by atoms with Crippen LogP contribution < -0.4 is 5.73 Å². The Hall–Kier alpha value is -1.75. The number of nitrogens with zero attached hydrogens (tertiary/aromatic N) is 2. The lowest BCUT2D eigenvalue weighted by atomic mass is 10.1. The molecule has 0 aliphatic carbocycles. The van der Waals surface area contributed by atoms with E-state index in [2.05, 4.69) is 5.10 Å². The molecule has 1 aromatic heterocycles. The second-order valence-corrected chi connectivity index (χ2v) is 3.74. The third-order valence-electron chi connectivity index (χ3n) is 2.52. The third-order valence-corrected chi connectivity index (χ3v) is 2.52. The molecule has 0 aliphatic rings. The molecule has 0 radical (unpaired) electrons. The lowest BCUT2D eigenvalue weighted by Crippen LogP contribution is -2.18. The SMILES string of the molecule is NCCC(F)(F)c1ccc(-n2cccn2)cc1. The van der Waals surface area contributed by atoms with Crippen LogP contribution in [-0.4, -0.2) is 16.3 Å². The first kappa shape index (κ1) is 11.7. The van der Waals surface area contributed by atoms with Crippen LogP contribution in [0.3, 0.4) is 0 Å². The van der Waals surface area contributed by atoms with Gasteiger partial charge in [0.15, 0.2) is 0 Å². The van der Waals surface area contributed by atoms with Crippen LogP contribution >= 0.6 is 0 Å². The van der Waals surface area contributed by atoms with Crippen molar-refractivity contribution in [3.8, 4) is 5.69 Å². The van der Waals surface area contributed by atoms with Crippen molar-refractivity contribution < 1.29 is 8.78 Å². The first-order valence-corrected chi connectivity index (χ1v) is 5.32. The van der Waals surface area contributed by atoms with E-state index in [1.807, 2.05) is 0 Å². The second kappa shape index (κ2) is 4.63. The highest BCUT2D eigenvalue weighted by Crippen LogP contribution is 2.31. The van der Waals surface area contributed by atoms with Gasteiger partial charge in [0.25, 0.3) is 5.92 Å². The molecule has 0 bridgehead atoms. The fourth-order valence-electron chi connectivity index (χ4n) is 1.61. The minimum Gasteiger partial charge on any atom is -0.330 e. The van der Waals surface area contributed by atoms with Crippen LogP contribution in [0.5, 0.6) is 0 Å². The van der Waals surface area contributed by atoms with Crippen LogP contribution in [0.4, 0.5) is 8.78 Å². The summed E-state index contributed by atoms with van der Waals surface area (Å²) in [6.07, 6.45) is 3.05. The summed E-state index contributed by atoms with van der Waals surface area (Å²) >= 11 is 0. The van der Waals surface area contributed by atoms with E-state index in [0.29, 0.717) is 0 Å². The lowest BCUT2D eigenvalue weighted by molar-refractivity contribution is -0.0107. The Morgan fingerprint density at radius 3 is 2.47 bits per heavy atom. The van der Waals surface area contributed by atoms with Gasteiger partial charge in [0.1, 0.15) is 0 Å². The zero-order valence-corrected chi connectivity index (χ0v) is 9.18. The van der Waals surface area contributed by atoms with E-state index in [4.69, 9.17) is 5.73 Å². The molecule has 17 heavy (non-hydrogen) atoms. The van der Waals surface area contributed by atoms with Gasteiger partial charge in [-0.1, -0.05) is 12.1 Å². The average molecular weight is 237 g/mol. The first-order valence-electron chi connectivity index (χ1n) is 5.32. The molecule has 0 spiro atoms. The number of benzene rings is 1. The Bertz CT molecular complexity index is 463. The first-order chi connectivity index (χ1) is 8.13. The van der Waals surface area contributed by atoms with Gasteiger partial charge >= 0.3 is 0 Å². The summed E-state index contributed by atoms with van der Waals surface area (Å²) in [7, 11) is 0. The van der Waals surface area contributed by atoms with E-state index in [1.165, 1.54) is 12.1 Å². The quantitative estimate of drug-likeness (QED) is 0.886. The smallest absolute Gasteiger partial charge is 0.274 e. The van der Waals surface area contributed by atoms with Crippen LogP contribution in [0.15, 0.2) is 42.7 Å². The maximum Gasteiger partial charge on any atom is 0.274 e. The molecular weight excluding hydrogens is 224 g/mol. The lowest BCUT2D eigenvalue weighted by Gasteiger charge is -2.15. The van der Waals surface area contributed by atoms with E-state index in [9.17, 15) is 8.78 Å². The molecule has 5 heteroatoms. The molecule has 0 unspecified atom stereocenters. The highest BCUT2D eigenvalue weighted by molar-refractivity contribution is 5.35. The van der Waals surface area contributed by atoms with E-state index in [0.717, 1.165) is 5.69 Å². The zero-order valence-electron chi connectivity index (χ0n) is 9.18. The number of aromatic nitrogens is 2. The van der Waals surface area contributed by atoms with Gasteiger partial charge in [-0.05, 0) is 24.7 Å². The van der Waals surface area contributed by atoms with Crippen molar-refractivity contribution in [1.29, 1.82) is 0 Å². The summed E-state index contributed by atoms with van der Waals surface area (Å²) in [6.45, 7) is -0.0338. The van der Waals surface area contributed by atoms with Gasteiger partial charge in [0, 0.05) is 24.4 Å². The van der Waals surface area contributed by atoms with E-state index in [-0.39, 0.29) is 18.5 Å². The number of hydrogen-bond acceptors (Lipinski definition) is 2. The summed E-state index contributed by atoms with van der Waals surface area (Å²) in [5, 5.41) is 4.02. The van der Waals surface area contributed by atoms with Crippen molar-refractivity contribution in [2.45, 2.75) is 12.3 Å². The van der Waals surface area contributed by atoms with Crippen molar-refractivity contribution in [2.75, 3.05) is 6.54 Å². The van der Waals surface area contributed by atoms with Crippen molar-refractivity contribution >= 4 is 0 Å². The van der Waals surface area contributed by atoms with Crippen molar-refractivity contribution in [3.63, 3.8) is 0 Å². The molecule has 1 heterocycles. The van der Waals surface area contributed by atoms with Gasteiger partial charge in [-0.2, -0.15) is 5.10 Å². The molecule has 0 amide bonds. The highest BCUT2D eigenvalue weighted by Gasteiger charge is 2.30. The maximum atomic E-state index is 13.5. The molecule has 3 nitrogen and oxygen atoms in total. The number of rotatable bonds is 4.